The number of aliphatic carboxylic acids is 1. The molecule has 0 aliphatic rings. The second-order valence-electron chi connectivity index (χ2n) is 4.56. The van der Waals surface area contributed by atoms with Crippen molar-refractivity contribution in [2.75, 3.05) is 26.8 Å². The Morgan fingerprint density at radius 3 is 2.40 bits per heavy atom. The van der Waals surface area contributed by atoms with E-state index in [4.69, 9.17) is 9.84 Å². The molecule has 0 amide bonds. The molecule has 1 unspecified atom stereocenters. The number of carbonyl (C=O) groups is 1. The number of hydrogen-bond acceptors (Lipinski definition) is 3. The fraction of sp³-hybridized carbons (Fsp3) is 0.909. The highest BCUT2D eigenvalue weighted by atomic mass is 16.5. The van der Waals surface area contributed by atoms with Gasteiger partial charge in [-0.2, -0.15) is 0 Å². The molecule has 4 heteroatoms. The van der Waals surface area contributed by atoms with Crippen LogP contribution in [0.15, 0.2) is 0 Å². The van der Waals surface area contributed by atoms with Crippen LogP contribution in [0.25, 0.3) is 0 Å². The summed E-state index contributed by atoms with van der Waals surface area (Å²) < 4.78 is 5.07. The van der Waals surface area contributed by atoms with Crippen molar-refractivity contribution in [3.05, 3.63) is 0 Å². The van der Waals surface area contributed by atoms with Gasteiger partial charge in [0.2, 0.25) is 0 Å². The van der Waals surface area contributed by atoms with Crippen LogP contribution in [-0.4, -0.2) is 48.8 Å². The van der Waals surface area contributed by atoms with Crippen molar-refractivity contribution < 1.29 is 14.6 Å². The number of rotatable bonds is 7. The van der Waals surface area contributed by atoms with E-state index in [1.165, 1.54) is 0 Å². The summed E-state index contributed by atoms with van der Waals surface area (Å²) in [6.45, 7) is 9.58. The fourth-order valence-electron chi connectivity index (χ4n) is 1.50. The van der Waals surface area contributed by atoms with Gasteiger partial charge >= 0.3 is 5.97 Å². The molecule has 90 valence electrons. The molecule has 0 rings (SSSR count). The lowest BCUT2D eigenvalue weighted by molar-refractivity contribution is -0.148. The highest BCUT2D eigenvalue weighted by Crippen LogP contribution is 2.18. The molecule has 1 N–H and O–H groups in total. The Bertz CT molecular complexity index is 204. The van der Waals surface area contributed by atoms with Crippen LogP contribution in [-0.2, 0) is 9.53 Å². The summed E-state index contributed by atoms with van der Waals surface area (Å²) in [5.41, 5.74) is -0.710. The molecule has 1 atom stereocenters. The Morgan fingerprint density at radius 1 is 1.53 bits per heavy atom. The van der Waals surface area contributed by atoms with E-state index >= 15 is 0 Å². The van der Waals surface area contributed by atoms with Crippen molar-refractivity contribution in [3.8, 4) is 0 Å². The Kier molecular flexibility index (Phi) is 5.83. The van der Waals surface area contributed by atoms with Crippen molar-refractivity contribution in [2.24, 2.45) is 5.41 Å². The van der Waals surface area contributed by atoms with Gasteiger partial charge in [-0.1, -0.05) is 6.92 Å². The topological polar surface area (TPSA) is 49.8 Å². The van der Waals surface area contributed by atoms with Crippen molar-refractivity contribution in [1.29, 1.82) is 0 Å². The summed E-state index contributed by atoms with van der Waals surface area (Å²) in [6, 6.07) is 0.249. The van der Waals surface area contributed by atoms with Gasteiger partial charge in [0.25, 0.3) is 0 Å². The van der Waals surface area contributed by atoms with E-state index in [-0.39, 0.29) is 6.04 Å². The molecule has 0 radical (unpaired) electrons. The molecule has 0 aromatic heterocycles. The molecule has 0 fully saturated rings. The zero-order valence-electron chi connectivity index (χ0n) is 10.4. The molecule has 0 aliphatic carbocycles. The molecule has 0 aromatic carbocycles. The molecule has 0 aliphatic heterocycles. The molecule has 0 saturated heterocycles. The van der Waals surface area contributed by atoms with Gasteiger partial charge in [0.05, 0.1) is 12.0 Å². The van der Waals surface area contributed by atoms with E-state index in [0.717, 1.165) is 6.54 Å². The molecule has 0 saturated carbocycles. The monoisotopic (exact) mass is 217 g/mol. The number of likely N-dealkylation sites (N-methyl/N-ethyl adjacent to an activating group) is 1. The molecule has 0 aromatic rings. The number of ether oxygens (including phenoxy) is 1. The van der Waals surface area contributed by atoms with Gasteiger partial charge in [0, 0.05) is 19.7 Å². The summed E-state index contributed by atoms with van der Waals surface area (Å²) >= 11 is 0. The second kappa shape index (κ2) is 6.08. The largest absolute Gasteiger partial charge is 0.481 e. The molecule has 15 heavy (non-hydrogen) atoms. The zero-order chi connectivity index (χ0) is 12.1. The van der Waals surface area contributed by atoms with Crippen LogP contribution in [0, 0.1) is 5.41 Å². The average Bonchev–Trinajstić information content (AvgIpc) is 2.14. The maximum absolute atomic E-state index is 11.0. The van der Waals surface area contributed by atoms with Crippen LogP contribution < -0.4 is 0 Å². The minimum absolute atomic E-state index is 0.249. The summed E-state index contributed by atoms with van der Waals surface area (Å²) in [7, 11) is 1.66. The molecule has 0 bridgehead atoms. The average molecular weight is 217 g/mol. The van der Waals surface area contributed by atoms with E-state index in [1.807, 2.05) is 13.8 Å². The first-order chi connectivity index (χ1) is 6.85. The summed E-state index contributed by atoms with van der Waals surface area (Å²) in [4.78, 5) is 13.1. The van der Waals surface area contributed by atoms with E-state index < -0.39 is 11.4 Å². The Balaban J connectivity index is 4.38. The highest BCUT2D eigenvalue weighted by Gasteiger charge is 2.30. The second-order valence-corrected chi connectivity index (χ2v) is 4.56. The van der Waals surface area contributed by atoms with Crippen LogP contribution in [0.3, 0.4) is 0 Å². The quantitative estimate of drug-likeness (QED) is 0.701. The Morgan fingerprint density at radius 2 is 2.07 bits per heavy atom. The fourth-order valence-corrected chi connectivity index (χ4v) is 1.50. The van der Waals surface area contributed by atoms with Gasteiger partial charge in [0.15, 0.2) is 0 Å². The lowest BCUT2D eigenvalue weighted by Gasteiger charge is -2.33. The SMILES string of the molecule is CCN(CC(C)(C)C(=O)O)C(C)COC. The third kappa shape index (κ3) is 4.62. The van der Waals surface area contributed by atoms with Crippen LogP contribution in [0.4, 0.5) is 0 Å². The zero-order valence-corrected chi connectivity index (χ0v) is 10.4. The van der Waals surface area contributed by atoms with Gasteiger partial charge in [-0.3, -0.25) is 9.69 Å². The highest BCUT2D eigenvalue weighted by molar-refractivity contribution is 5.73. The van der Waals surface area contributed by atoms with Crippen LogP contribution in [0.1, 0.15) is 27.7 Å². The number of hydrogen-bond donors (Lipinski definition) is 1. The van der Waals surface area contributed by atoms with Gasteiger partial charge in [-0.25, -0.2) is 0 Å². The number of carboxylic acid groups (broad SMARTS) is 1. The molecule has 0 spiro atoms. The maximum Gasteiger partial charge on any atom is 0.310 e. The molecule has 4 nitrogen and oxygen atoms in total. The van der Waals surface area contributed by atoms with Gasteiger partial charge in [-0.15, -0.1) is 0 Å². The molecular formula is C11H23NO3. The third-order valence-electron chi connectivity index (χ3n) is 2.61. The van der Waals surface area contributed by atoms with Gasteiger partial charge in [-0.05, 0) is 27.3 Å². The normalized spacial score (nSPS) is 14.3. The van der Waals surface area contributed by atoms with E-state index in [9.17, 15) is 4.79 Å². The van der Waals surface area contributed by atoms with Crippen molar-refractivity contribution in [1.82, 2.24) is 4.90 Å². The van der Waals surface area contributed by atoms with Gasteiger partial charge in [0.1, 0.15) is 0 Å². The third-order valence-corrected chi connectivity index (χ3v) is 2.61. The standard InChI is InChI=1S/C11H23NO3/c1-6-12(9(2)7-15-5)8-11(3,4)10(13)14/h9H,6-8H2,1-5H3,(H,13,14). The Hall–Kier alpha value is -0.610. The van der Waals surface area contributed by atoms with Crippen molar-refractivity contribution in [3.63, 3.8) is 0 Å². The number of carboxylic acids is 1. The maximum atomic E-state index is 11.0. The molecule has 0 heterocycles. The first kappa shape index (κ1) is 14.4. The summed E-state index contributed by atoms with van der Waals surface area (Å²) in [6.07, 6.45) is 0. The summed E-state index contributed by atoms with van der Waals surface area (Å²) in [5.74, 6) is -0.759. The minimum Gasteiger partial charge on any atom is -0.481 e. The van der Waals surface area contributed by atoms with E-state index in [0.29, 0.717) is 13.2 Å². The lowest BCUT2D eigenvalue weighted by Crippen LogP contribution is -2.44. The molecular weight excluding hydrogens is 194 g/mol. The number of nitrogens with zero attached hydrogens (tertiary/aromatic N) is 1. The summed E-state index contributed by atoms with van der Waals surface area (Å²) in [5, 5.41) is 9.04. The van der Waals surface area contributed by atoms with Gasteiger partial charge < -0.3 is 9.84 Å². The van der Waals surface area contributed by atoms with E-state index in [1.54, 1.807) is 21.0 Å². The van der Waals surface area contributed by atoms with Crippen molar-refractivity contribution >= 4 is 5.97 Å². The lowest BCUT2D eigenvalue weighted by atomic mass is 9.92. The van der Waals surface area contributed by atoms with Crippen molar-refractivity contribution in [2.45, 2.75) is 33.7 Å². The smallest absolute Gasteiger partial charge is 0.310 e. The minimum atomic E-state index is -0.759. The van der Waals surface area contributed by atoms with E-state index in [2.05, 4.69) is 4.90 Å². The van der Waals surface area contributed by atoms with Crippen LogP contribution in [0.5, 0.6) is 0 Å². The first-order valence-corrected chi connectivity index (χ1v) is 5.31. The predicted octanol–water partition coefficient (Wildman–Crippen LogP) is 1.45. The number of methoxy groups -OCH3 is 1. The first-order valence-electron chi connectivity index (χ1n) is 5.31. The van der Waals surface area contributed by atoms with Crippen LogP contribution >= 0.6 is 0 Å². The van der Waals surface area contributed by atoms with Crippen LogP contribution in [0.2, 0.25) is 0 Å². The Labute approximate surface area is 92.2 Å². The predicted molar refractivity (Wildman–Crippen MR) is 60.0 cm³/mol.